The first-order valence-corrected chi connectivity index (χ1v) is 7.91. The van der Waals surface area contributed by atoms with Crippen LogP contribution in [0.15, 0.2) is 29.2 Å². The topological polar surface area (TPSA) is 46.6 Å². The molecule has 1 heterocycles. The van der Waals surface area contributed by atoms with Gasteiger partial charge >= 0.3 is 0 Å². The van der Waals surface area contributed by atoms with Crippen molar-refractivity contribution in [1.29, 1.82) is 0 Å². The van der Waals surface area contributed by atoms with Gasteiger partial charge in [-0.3, -0.25) is 0 Å². The Morgan fingerprint density at radius 3 is 2.21 bits per heavy atom. The largest absolute Gasteiger partial charge is 0.361 e. The molecule has 0 radical (unpaired) electrons. The quantitative estimate of drug-likeness (QED) is 0.837. The molecular formula is C14H21NO3S. The van der Waals surface area contributed by atoms with Crippen molar-refractivity contribution in [2.75, 3.05) is 13.2 Å². The second kappa shape index (κ2) is 4.89. The van der Waals surface area contributed by atoms with Gasteiger partial charge in [-0.1, -0.05) is 32.9 Å². The lowest BCUT2D eigenvalue weighted by atomic mass is 9.87. The van der Waals surface area contributed by atoms with Crippen LogP contribution in [0.1, 0.15) is 33.3 Å². The minimum absolute atomic E-state index is 0.0202. The molecule has 106 valence electrons. The lowest BCUT2D eigenvalue weighted by Gasteiger charge is -2.21. The second-order valence-electron chi connectivity index (χ2n) is 5.86. The van der Waals surface area contributed by atoms with Crippen LogP contribution in [0.4, 0.5) is 0 Å². The van der Waals surface area contributed by atoms with E-state index in [1.165, 1.54) is 4.31 Å². The van der Waals surface area contributed by atoms with E-state index >= 15 is 0 Å². The fourth-order valence-electron chi connectivity index (χ4n) is 2.16. The summed E-state index contributed by atoms with van der Waals surface area (Å²) >= 11 is 0. The Kier molecular flexibility index (Phi) is 3.73. The summed E-state index contributed by atoms with van der Waals surface area (Å²) in [5.41, 5.74) is 1.14. The molecule has 0 saturated carbocycles. The highest BCUT2D eigenvalue weighted by Gasteiger charge is 2.33. The zero-order valence-corrected chi connectivity index (χ0v) is 12.7. The van der Waals surface area contributed by atoms with Gasteiger partial charge in [-0.25, -0.2) is 8.42 Å². The third kappa shape index (κ3) is 2.83. The van der Waals surface area contributed by atoms with Crippen LogP contribution in [0.25, 0.3) is 0 Å². The molecule has 4 nitrogen and oxygen atoms in total. The number of hydrogen-bond acceptors (Lipinski definition) is 3. The highest BCUT2D eigenvalue weighted by molar-refractivity contribution is 7.89. The lowest BCUT2D eigenvalue weighted by molar-refractivity contribution is 0.0846. The molecule has 1 fully saturated rings. The Morgan fingerprint density at radius 1 is 1.21 bits per heavy atom. The van der Waals surface area contributed by atoms with Crippen LogP contribution >= 0.6 is 0 Å². The third-order valence-electron chi connectivity index (χ3n) is 3.40. The summed E-state index contributed by atoms with van der Waals surface area (Å²) in [7, 11) is -3.44. The molecule has 1 aliphatic heterocycles. The predicted octanol–water partition coefficient (Wildman–Crippen LogP) is 2.35. The zero-order valence-electron chi connectivity index (χ0n) is 11.9. The van der Waals surface area contributed by atoms with Crippen LogP contribution in [-0.4, -0.2) is 32.1 Å². The highest BCUT2D eigenvalue weighted by atomic mass is 32.2. The monoisotopic (exact) mass is 283 g/mol. The van der Waals surface area contributed by atoms with Gasteiger partial charge in [-0.15, -0.1) is 0 Å². The second-order valence-corrected chi connectivity index (χ2v) is 7.75. The molecular weight excluding hydrogens is 262 g/mol. The van der Waals surface area contributed by atoms with E-state index in [2.05, 4.69) is 20.8 Å². The summed E-state index contributed by atoms with van der Waals surface area (Å²) in [6, 6.07) is 7.13. The SMILES string of the molecule is CC1OCCN1S(=O)(=O)c1ccc(C(C)(C)C)cc1. The van der Waals surface area contributed by atoms with Gasteiger partial charge in [-0.05, 0) is 30.0 Å². The lowest BCUT2D eigenvalue weighted by Crippen LogP contribution is -2.34. The van der Waals surface area contributed by atoms with E-state index in [1.54, 1.807) is 19.1 Å². The summed E-state index contributed by atoms with van der Waals surface area (Å²) in [6.07, 6.45) is -0.382. The van der Waals surface area contributed by atoms with Crippen LogP contribution < -0.4 is 0 Å². The van der Waals surface area contributed by atoms with Gasteiger partial charge in [-0.2, -0.15) is 4.31 Å². The summed E-state index contributed by atoms with van der Waals surface area (Å²) in [5.74, 6) is 0. The minimum Gasteiger partial charge on any atom is -0.361 e. The average molecular weight is 283 g/mol. The third-order valence-corrected chi connectivity index (χ3v) is 5.37. The van der Waals surface area contributed by atoms with Crippen LogP contribution in [0.3, 0.4) is 0 Å². The molecule has 1 aliphatic rings. The maximum atomic E-state index is 12.5. The molecule has 0 aromatic heterocycles. The molecule has 1 saturated heterocycles. The Balaban J connectivity index is 2.32. The number of sulfonamides is 1. The first-order valence-electron chi connectivity index (χ1n) is 6.47. The fraction of sp³-hybridized carbons (Fsp3) is 0.571. The molecule has 19 heavy (non-hydrogen) atoms. The van der Waals surface area contributed by atoms with Gasteiger partial charge in [0.15, 0.2) is 0 Å². The van der Waals surface area contributed by atoms with Crippen molar-refractivity contribution in [2.24, 2.45) is 0 Å². The fourth-order valence-corrected chi connectivity index (χ4v) is 3.67. The molecule has 5 heteroatoms. The van der Waals surface area contributed by atoms with Crippen molar-refractivity contribution in [3.8, 4) is 0 Å². The average Bonchev–Trinajstić information content (AvgIpc) is 2.75. The molecule has 0 spiro atoms. The van der Waals surface area contributed by atoms with Crippen molar-refractivity contribution in [1.82, 2.24) is 4.31 Å². The first-order chi connectivity index (χ1) is 8.73. The van der Waals surface area contributed by atoms with Crippen LogP contribution in [0.5, 0.6) is 0 Å². The van der Waals surface area contributed by atoms with Crippen molar-refractivity contribution < 1.29 is 13.2 Å². The smallest absolute Gasteiger partial charge is 0.245 e. The molecule has 1 aromatic rings. The summed E-state index contributed by atoms with van der Waals surface area (Å²) < 4.78 is 31.6. The predicted molar refractivity (Wildman–Crippen MR) is 74.4 cm³/mol. The number of rotatable bonds is 2. The molecule has 0 aliphatic carbocycles. The van der Waals surface area contributed by atoms with Crippen LogP contribution in [0, 0.1) is 0 Å². The minimum atomic E-state index is -3.44. The highest BCUT2D eigenvalue weighted by Crippen LogP contribution is 2.26. The standard InChI is InChI=1S/C14H21NO3S/c1-11-15(9-10-18-11)19(16,17)13-7-5-12(6-8-13)14(2,3)4/h5-8,11H,9-10H2,1-4H3. The molecule has 2 rings (SSSR count). The zero-order chi connectivity index (χ0) is 14.3. The maximum absolute atomic E-state index is 12.5. The summed E-state index contributed by atoms with van der Waals surface area (Å²) in [5, 5.41) is 0. The van der Waals surface area contributed by atoms with E-state index in [9.17, 15) is 8.42 Å². The van der Waals surface area contributed by atoms with Crippen molar-refractivity contribution in [3.05, 3.63) is 29.8 Å². The summed E-state index contributed by atoms with van der Waals surface area (Å²) in [4.78, 5) is 0.331. The Morgan fingerprint density at radius 2 is 1.79 bits per heavy atom. The molecule has 0 amide bonds. The van der Waals surface area contributed by atoms with Crippen LogP contribution in [-0.2, 0) is 20.2 Å². The number of benzene rings is 1. The molecule has 1 atom stereocenters. The van der Waals surface area contributed by atoms with Crippen molar-refractivity contribution in [3.63, 3.8) is 0 Å². The van der Waals surface area contributed by atoms with Crippen LogP contribution in [0.2, 0.25) is 0 Å². The normalized spacial score (nSPS) is 21.8. The number of ether oxygens (including phenoxy) is 1. The number of nitrogens with zero attached hydrogens (tertiary/aromatic N) is 1. The Labute approximate surface area is 115 Å². The molecule has 1 aromatic carbocycles. The summed E-state index contributed by atoms with van der Waals surface area (Å²) in [6.45, 7) is 8.95. The van der Waals surface area contributed by atoms with Gasteiger partial charge in [0, 0.05) is 6.54 Å². The molecule has 0 N–H and O–H groups in total. The van der Waals surface area contributed by atoms with Gasteiger partial charge in [0.25, 0.3) is 0 Å². The Hall–Kier alpha value is -0.910. The van der Waals surface area contributed by atoms with Gasteiger partial charge in [0.05, 0.1) is 11.5 Å². The van der Waals surface area contributed by atoms with E-state index in [4.69, 9.17) is 4.74 Å². The maximum Gasteiger partial charge on any atom is 0.245 e. The van der Waals surface area contributed by atoms with E-state index in [0.29, 0.717) is 18.0 Å². The molecule has 0 bridgehead atoms. The van der Waals surface area contributed by atoms with Gasteiger partial charge in [0.2, 0.25) is 10.0 Å². The van der Waals surface area contributed by atoms with Gasteiger partial charge < -0.3 is 4.74 Å². The number of hydrogen-bond donors (Lipinski definition) is 0. The van der Waals surface area contributed by atoms with E-state index in [-0.39, 0.29) is 11.6 Å². The van der Waals surface area contributed by atoms with E-state index in [1.807, 2.05) is 12.1 Å². The van der Waals surface area contributed by atoms with Crippen molar-refractivity contribution >= 4 is 10.0 Å². The van der Waals surface area contributed by atoms with Crippen molar-refractivity contribution in [2.45, 2.75) is 44.2 Å². The molecule has 1 unspecified atom stereocenters. The van der Waals surface area contributed by atoms with E-state index < -0.39 is 10.0 Å². The first kappa shape index (κ1) is 14.5. The van der Waals surface area contributed by atoms with E-state index in [0.717, 1.165) is 5.56 Å². The van der Waals surface area contributed by atoms with Gasteiger partial charge in [0.1, 0.15) is 6.23 Å². The Bertz CT molecular complexity index is 543.